The molecule has 0 saturated heterocycles. The molecule has 1 aliphatic rings. The second-order valence-electron chi connectivity index (χ2n) is 5.75. The summed E-state index contributed by atoms with van der Waals surface area (Å²) in [6.07, 6.45) is 1.87. The van der Waals surface area contributed by atoms with Crippen LogP contribution in [0.4, 0.5) is 0 Å². The minimum absolute atomic E-state index is 0.214. The molecular formula is C14H18O4S. The first-order chi connectivity index (χ1) is 8.73. The number of carbonyl (C=O) groups is 1. The first-order valence-electron chi connectivity index (χ1n) is 6.30. The second kappa shape index (κ2) is 4.63. The van der Waals surface area contributed by atoms with E-state index in [1.807, 2.05) is 0 Å². The van der Waals surface area contributed by atoms with Crippen molar-refractivity contribution in [1.82, 2.24) is 0 Å². The van der Waals surface area contributed by atoms with Gasteiger partial charge in [0.1, 0.15) is 0 Å². The Morgan fingerprint density at radius 2 is 1.79 bits per heavy atom. The van der Waals surface area contributed by atoms with Crippen molar-refractivity contribution >= 4 is 15.8 Å². The molecule has 104 valence electrons. The van der Waals surface area contributed by atoms with Gasteiger partial charge in [0.15, 0.2) is 9.84 Å². The highest BCUT2D eigenvalue weighted by atomic mass is 32.2. The van der Waals surface area contributed by atoms with Crippen LogP contribution >= 0.6 is 0 Å². The van der Waals surface area contributed by atoms with Gasteiger partial charge in [0.2, 0.25) is 0 Å². The van der Waals surface area contributed by atoms with Crippen LogP contribution in [0.1, 0.15) is 32.3 Å². The number of rotatable bonds is 5. The van der Waals surface area contributed by atoms with Crippen LogP contribution in [0.2, 0.25) is 0 Å². The van der Waals surface area contributed by atoms with Gasteiger partial charge in [-0.15, -0.1) is 0 Å². The predicted molar refractivity (Wildman–Crippen MR) is 71.8 cm³/mol. The highest BCUT2D eigenvalue weighted by Crippen LogP contribution is 2.33. The lowest BCUT2D eigenvalue weighted by molar-refractivity contribution is -0.146. The van der Waals surface area contributed by atoms with E-state index in [4.69, 9.17) is 5.11 Å². The number of carboxylic acid groups (broad SMARTS) is 1. The zero-order valence-corrected chi connectivity index (χ0v) is 11.9. The van der Waals surface area contributed by atoms with E-state index in [1.54, 1.807) is 38.1 Å². The maximum Gasteiger partial charge on any atom is 0.309 e. The first kappa shape index (κ1) is 14.1. The number of benzene rings is 1. The lowest BCUT2D eigenvalue weighted by Crippen LogP contribution is -2.26. The molecule has 1 saturated carbocycles. The summed E-state index contributed by atoms with van der Waals surface area (Å²) in [4.78, 5) is 11.4. The SMILES string of the molecule is CC(C)(Cc1ccc(S(=O)(=O)C2CC2)cc1)C(=O)O. The van der Waals surface area contributed by atoms with Gasteiger partial charge in [-0.3, -0.25) is 4.79 Å². The summed E-state index contributed by atoms with van der Waals surface area (Å²) in [7, 11) is -3.16. The van der Waals surface area contributed by atoms with E-state index in [2.05, 4.69) is 0 Å². The average Bonchev–Trinajstić information content (AvgIpc) is 3.13. The van der Waals surface area contributed by atoms with E-state index >= 15 is 0 Å². The van der Waals surface area contributed by atoms with Gasteiger partial charge in [0.05, 0.1) is 15.6 Å². The zero-order chi connectivity index (χ0) is 14.3. The van der Waals surface area contributed by atoms with E-state index in [0.717, 1.165) is 18.4 Å². The minimum Gasteiger partial charge on any atom is -0.481 e. The Morgan fingerprint density at radius 1 is 1.26 bits per heavy atom. The molecule has 1 aromatic carbocycles. The Kier molecular flexibility index (Phi) is 3.43. The Morgan fingerprint density at radius 3 is 2.21 bits per heavy atom. The quantitative estimate of drug-likeness (QED) is 0.899. The molecule has 0 unspecified atom stereocenters. The highest BCUT2D eigenvalue weighted by molar-refractivity contribution is 7.92. The lowest BCUT2D eigenvalue weighted by atomic mass is 9.86. The van der Waals surface area contributed by atoms with Gasteiger partial charge in [-0.25, -0.2) is 8.42 Å². The molecule has 1 aliphatic carbocycles. The molecule has 4 nitrogen and oxygen atoms in total. The van der Waals surface area contributed by atoms with E-state index in [9.17, 15) is 13.2 Å². The summed E-state index contributed by atoms with van der Waals surface area (Å²) < 4.78 is 24.0. The predicted octanol–water partition coefficient (Wildman–Crippen LogP) is 2.28. The maximum absolute atomic E-state index is 12.0. The van der Waals surface area contributed by atoms with Crippen LogP contribution in [0.15, 0.2) is 29.2 Å². The number of hydrogen-bond acceptors (Lipinski definition) is 3. The average molecular weight is 282 g/mol. The molecule has 0 heterocycles. The highest BCUT2D eigenvalue weighted by Gasteiger charge is 2.36. The van der Waals surface area contributed by atoms with Gasteiger partial charge in [0.25, 0.3) is 0 Å². The Hall–Kier alpha value is -1.36. The molecule has 0 bridgehead atoms. The van der Waals surface area contributed by atoms with Gasteiger partial charge < -0.3 is 5.11 Å². The van der Waals surface area contributed by atoms with Crippen LogP contribution in [0.5, 0.6) is 0 Å². The largest absolute Gasteiger partial charge is 0.481 e. The van der Waals surface area contributed by atoms with Crippen molar-refractivity contribution in [3.05, 3.63) is 29.8 Å². The number of sulfone groups is 1. The van der Waals surface area contributed by atoms with Gasteiger partial charge in [-0.1, -0.05) is 12.1 Å². The van der Waals surface area contributed by atoms with Crippen LogP contribution in [-0.4, -0.2) is 24.7 Å². The monoisotopic (exact) mass is 282 g/mol. The van der Waals surface area contributed by atoms with Crippen molar-refractivity contribution in [2.75, 3.05) is 0 Å². The van der Waals surface area contributed by atoms with Crippen LogP contribution in [0, 0.1) is 5.41 Å². The van der Waals surface area contributed by atoms with Gasteiger partial charge in [-0.05, 0) is 50.8 Å². The van der Waals surface area contributed by atoms with Crippen LogP contribution in [0.3, 0.4) is 0 Å². The summed E-state index contributed by atoms with van der Waals surface area (Å²) >= 11 is 0. The Bertz CT molecular complexity index is 580. The number of hydrogen-bond donors (Lipinski definition) is 1. The van der Waals surface area contributed by atoms with Crippen molar-refractivity contribution in [2.45, 2.75) is 43.3 Å². The summed E-state index contributed by atoms with van der Waals surface area (Å²) in [5.41, 5.74) is -0.0150. The van der Waals surface area contributed by atoms with Crippen LogP contribution in [-0.2, 0) is 21.1 Å². The van der Waals surface area contributed by atoms with Crippen molar-refractivity contribution < 1.29 is 18.3 Å². The third-order valence-corrected chi connectivity index (χ3v) is 5.72. The lowest BCUT2D eigenvalue weighted by Gasteiger charge is -2.19. The van der Waals surface area contributed by atoms with Gasteiger partial charge in [-0.2, -0.15) is 0 Å². The van der Waals surface area contributed by atoms with Gasteiger partial charge >= 0.3 is 5.97 Å². The minimum atomic E-state index is -3.16. The van der Waals surface area contributed by atoms with Crippen molar-refractivity contribution in [3.8, 4) is 0 Å². The van der Waals surface area contributed by atoms with E-state index in [-0.39, 0.29) is 5.25 Å². The Labute approximate surface area is 113 Å². The molecule has 0 aliphatic heterocycles. The summed E-state index contributed by atoms with van der Waals surface area (Å²) in [5.74, 6) is -0.859. The topological polar surface area (TPSA) is 71.4 Å². The van der Waals surface area contributed by atoms with E-state index in [1.165, 1.54) is 0 Å². The fraction of sp³-hybridized carbons (Fsp3) is 0.500. The first-order valence-corrected chi connectivity index (χ1v) is 7.84. The summed E-state index contributed by atoms with van der Waals surface area (Å²) in [5, 5.41) is 8.86. The second-order valence-corrected chi connectivity index (χ2v) is 7.98. The zero-order valence-electron chi connectivity index (χ0n) is 11.1. The summed E-state index contributed by atoms with van der Waals surface area (Å²) in [6, 6.07) is 6.59. The van der Waals surface area contributed by atoms with E-state index in [0.29, 0.717) is 11.3 Å². The number of aliphatic carboxylic acids is 1. The number of carboxylic acids is 1. The Balaban J connectivity index is 2.17. The molecule has 0 aromatic heterocycles. The third-order valence-electron chi connectivity index (χ3n) is 3.44. The van der Waals surface area contributed by atoms with Crippen molar-refractivity contribution in [2.24, 2.45) is 5.41 Å². The molecular weight excluding hydrogens is 264 g/mol. The molecule has 1 aromatic rings. The molecule has 0 amide bonds. The van der Waals surface area contributed by atoms with Crippen molar-refractivity contribution in [1.29, 1.82) is 0 Å². The normalized spacial score (nSPS) is 16.3. The standard InChI is InChI=1S/C14H18O4S/c1-14(2,13(15)16)9-10-3-5-11(6-4-10)19(17,18)12-7-8-12/h3-6,12H,7-9H2,1-2H3,(H,15,16). The molecule has 2 rings (SSSR count). The van der Waals surface area contributed by atoms with Crippen LogP contribution in [0.25, 0.3) is 0 Å². The third kappa shape index (κ3) is 2.97. The molecule has 1 N–H and O–H groups in total. The molecule has 0 spiro atoms. The fourth-order valence-electron chi connectivity index (χ4n) is 1.95. The van der Waals surface area contributed by atoms with Crippen LogP contribution < -0.4 is 0 Å². The maximum atomic E-state index is 12.0. The smallest absolute Gasteiger partial charge is 0.309 e. The van der Waals surface area contributed by atoms with E-state index < -0.39 is 21.2 Å². The van der Waals surface area contributed by atoms with Gasteiger partial charge in [0, 0.05) is 0 Å². The van der Waals surface area contributed by atoms with Crippen molar-refractivity contribution in [3.63, 3.8) is 0 Å². The molecule has 5 heteroatoms. The molecule has 19 heavy (non-hydrogen) atoms. The molecule has 0 atom stereocenters. The molecule has 1 fully saturated rings. The molecule has 0 radical (unpaired) electrons. The summed E-state index contributed by atoms with van der Waals surface area (Å²) in [6.45, 7) is 3.31. The fourth-order valence-corrected chi connectivity index (χ4v) is 3.61.